The van der Waals surface area contributed by atoms with E-state index in [1.54, 1.807) is 0 Å². The first-order chi connectivity index (χ1) is 11.8. The van der Waals surface area contributed by atoms with Crippen LogP contribution in [0.4, 0.5) is 0 Å². The van der Waals surface area contributed by atoms with E-state index in [9.17, 15) is 18.3 Å². The number of ether oxygens (including phenoxy) is 2. The molecule has 0 bridgehead atoms. The molecule has 25 heavy (non-hydrogen) atoms. The third kappa shape index (κ3) is 6.03. The Hall–Kier alpha value is -1.56. The second kappa shape index (κ2) is 8.70. The lowest BCUT2D eigenvalue weighted by molar-refractivity contribution is -0.209. The minimum absolute atomic E-state index is 0.127. The van der Waals surface area contributed by atoms with Gasteiger partial charge in [0.1, 0.15) is 18.3 Å². The van der Waals surface area contributed by atoms with Gasteiger partial charge in [0, 0.05) is 6.61 Å². The van der Waals surface area contributed by atoms with Gasteiger partial charge in [-0.3, -0.25) is 4.55 Å². The summed E-state index contributed by atoms with van der Waals surface area (Å²) in [6, 6.07) is 9.56. The van der Waals surface area contributed by atoms with Crippen LogP contribution in [0.1, 0.15) is 12.0 Å². The minimum atomic E-state index is -4.82. The lowest BCUT2D eigenvalue weighted by Crippen LogP contribution is -2.57. The zero-order chi connectivity index (χ0) is 18.4. The molecular weight excluding hydrogens is 356 g/mol. The number of aliphatic carboxylic acids is 1. The van der Waals surface area contributed by atoms with E-state index in [0.29, 0.717) is 12.8 Å². The van der Waals surface area contributed by atoms with Crippen LogP contribution in [0.25, 0.3) is 0 Å². The molecule has 140 valence electrons. The summed E-state index contributed by atoms with van der Waals surface area (Å²) in [5.41, 5.74) is 1.08. The molecule has 0 radical (unpaired) electrons. The van der Waals surface area contributed by atoms with Gasteiger partial charge >= 0.3 is 16.4 Å². The van der Waals surface area contributed by atoms with E-state index in [4.69, 9.17) is 19.1 Å². The van der Waals surface area contributed by atoms with Crippen LogP contribution < -0.4 is 0 Å². The molecule has 10 heteroatoms. The van der Waals surface area contributed by atoms with E-state index in [1.165, 1.54) is 0 Å². The maximum absolute atomic E-state index is 11.2. The van der Waals surface area contributed by atoms with Crippen molar-refractivity contribution in [2.75, 3.05) is 13.2 Å². The van der Waals surface area contributed by atoms with Gasteiger partial charge in [-0.25, -0.2) is 8.98 Å². The summed E-state index contributed by atoms with van der Waals surface area (Å²) in [4.78, 5) is 11.2. The normalized spacial score (nSPS) is 27.1. The predicted octanol–water partition coefficient (Wildman–Crippen LogP) is 0.0367. The molecule has 1 saturated heterocycles. The first kappa shape index (κ1) is 19.8. The second-order valence-corrected chi connectivity index (χ2v) is 6.62. The number of aryl methyl sites for hydroxylation is 1. The Morgan fingerprint density at radius 1 is 1.28 bits per heavy atom. The van der Waals surface area contributed by atoms with Crippen molar-refractivity contribution in [3.8, 4) is 0 Å². The molecule has 1 fully saturated rings. The number of carboxylic acid groups (broad SMARTS) is 1. The number of hydrogen-bond donors (Lipinski definition) is 3. The van der Waals surface area contributed by atoms with Crippen molar-refractivity contribution in [3.63, 3.8) is 0 Å². The molecule has 0 spiro atoms. The Morgan fingerprint density at radius 2 is 1.96 bits per heavy atom. The van der Waals surface area contributed by atoms with Crippen molar-refractivity contribution in [3.05, 3.63) is 35.9 Å². The molecule has 0 amide bonds. The molecule has 1 aromatic carbocycles. The molecule has 4 atom stereocenters. The zero-order valence-electron chi connectivity index (χ0n) is 13.2. The molecule has 9 nitrogen and oxygen atoms in total. The summed E-state index contributed by atoms with van der Waals surface area (Å²) in [7, 11) is -4.82. The second-order valence-electron chi connectivity index (χ2n) is 5.57. The van der Waals surface area contributed by atoms with Crippen LogP contribution in [0.2, 0.25) is 0 Å². The van der Waals surface area contributed by atoms with Crippen molar-refractivity contribution < 1.29 is 41.6 Å². The fourth-order valence-electron chi connectivity index (χ4n) is 2.56. The Bertz CT molecular complexity index is 661. The highest BCUT2D eigenvalue weighted by Gasteiger charge is 2.46. The fourth-order valence-corrected chi connectivity index (χ4v) is 3.04. The molecular formula is C15H20O9S. The van der Waals surface area contributed by atoms with Crippen molar-refractivity contribution in [1.29, 1.82) is 0 Å². The number of carboxylic acids is 1. The van der Waals surface area contributed by atoms with Gasteiger partial charge in [0.15, 0.2) is 6.10 Å². The van der Waals surface area contributed by atoms with Gasteiger partial charge in [0.25, 0.3) is 0 Å². The van der Waals surface area contributed by atoms with E-state index in [1.807, 2.05) is 30.3 Å². The molecule has 1 heterocycles. The molecule has 0 aromatic heterocycles. The summed E-state index contributed by atoms with van der Waals surface area (Å²) < 4.78 is 45.0. The van der Waals surface area contributed by atoms with Gasteiger partial charge in [-0.2, -0.15) is 8.42 Å². The highest BCUT2D eigenvalue weighted by atomic mass is 32.3. The van der Waals surface area contributed by atoms with Crippen molar-refractivity contribution in [1.82, 2.24) is 0 Å². The summed E-state index contributed by atoms with van der Waals surface area (Å²) in [5.74, 6) is -1.35. The van der Waals surface area contributed by atoms with E-state index in [2.05, 4.69) is 4.18 Å². The van der Waals surface area contributed by atoms with Crippen LogP contribution in [-0.2, 0) is 35.3 Å². The molecule has 2 rings (SSSR count). The van der Waals surface area contributed by atoms with Crippen LogP contribution in [0.15, 0.2) is 30.3 Å². The van der Waals surface area contributed by atoms with Gasteiger partial charge in [-0.1, -0.05) is 30.3 Å². The average Bonchev–Trinajstić information content (AvgIpc) is 2.54. The van der Waals surface area contributed by atoms with Crippen LogP contribution in [0.3, 0.4) is 0 Å². The minimum Gasteiger partial charge on any atom is -0.479 e. The summed E-state index contributed by atoms with van der Waals surface area (Å²) in [5, 5.41) is 19.3. The monoisotopic (exact) mass is 376 g/mol. The topological polar surface area (TPSA) is 140 Å². The van der Waals surface area contributed by atoms with E-state index < -0.39 is 47.4 Å². The highest BCUT2D eigenvalue weighted by Crippen LogP contribution is 2.22. The van der Waals surface area contributed by atoms with E-state index >= 15 is 0 Å². The maximum Gasteiger partial charge on any atom is 0.397 e. The van der Waals surface area contributed by atoms with Crippen molar-refractivity contribution in [2.45, 2.75) is 37.3 Å². The van der Waals surface area contributed by atoms with Gasteiger partial charge < -0.3 is 19.7 Å². The molecule has 1 aliphatic heterocycles. The van der Waals surface area contributed by atoms with Gasteiger partial charge in [0.2, 0.25) is 0 Å². The summed E-state index contributed by atoms with van der Waals surface area (Å²) in [6.45, 7) is -0.385. The molecule has 2 unspecified atom stereocenters. The molecule has 0 saturated carbocycles. The van der Waals surface area contributed by atoms with Crippen molar-refractivity contribution >= 4 is 16.4 Å². The maximum atomic E-state index is 11.2. The lowest BCUT2D eigenvalue weighted by atomic mass is 10.00. The number of hydrogen-bond acceptors (Lipinski definition) is 7. The number of benzene rings is 1. The highest BCUT2D eigenvalue weighted by molar-refractivity contribution is 7.80. The molecule has 1 aromatic rings. The standard InChI is InChI=1S/C15H20O9S/c16-12-11(24-25(19,20)21)9-23-14(15(17)18)13(12)22-8-4-7-10-5-2-1-3-6-10/h1-3,5-6,11-14,16H,4,7-9H2,(H,17,18)(H,19,20,21)/t11?,12-,13-,14?/m0/s1. The lowest BCUT2D eigenvalue weighted by Gasteiger charge is -2.37. The molecule has 0 aliphatic carbocycles. The Morgan fingerprint density at radius 3 is 2.56 bits per heavy atom. The van der Waals surface area contributed by atoms with Crippen LogP contribution >= 0.6 is 0 Å². The Kier molecular flexibility index (Phi) is 6.87. The van der Waals surface area contributed by atoms with Gasteiger partial charge in [-0.15, -0.1) is 0 Å². The fraction of sp³-hybridized carbons (Fsp3) is 0.533. The van der Waals surface area contributed by atoms with E-state index in [0.717, 1.165) is 5.56 Å². The zero-order valence-corrected chi connectivity index (χ0v) is 14.0. The summed E-state index contributed by atoms with van der Waals surface area (Å²) in [6.07, 6.45) is -4.59. The first-order valence-electron chi connectivity index (χ1n) is 7.61. The quantitative estimate of drug-likeness (QED) is 0.423. The van der Waals surface area contributed by atoms with Crippen molar-refractivity contribution in [2.24, 2.45) is 0 Å². The third-order valence-corrected chi connectivity index (χ3v) is 4.20. The SMILES string of the molecule is O=C(O)C1OCC(OS(=O)(=O)O)[C@H](O)[C@@H]1OCCCc1ccccc1. The van der Waals surface area contributed by atoms with Gasteiger partial charge in [0.05, 0.1) is 6.61 Å². The first-order valence-corrected chi connectivity index (χ1v) is 8.98. The molecule has 1 aliphatic rings. The Balaban J connectivity index is 1.93. The van der Waals surface area contributed by atoms with Gasteiger partial charge in [-0.05, 0) is 18.4 Å². The van der Waals surface area contributed by atoms with E-state index in [-0.39, 0.29) is 6.61 Å². The summed E-state index contributed by atoms with van der Waals surface area (Å²) >= 11 is 0. The predicted molar refractivity (Wildman–Crippen MR) is 84.3 cm³/mol. The van der Waals surface area contributed by atoms with Crippen LogP contribution in [0.5, 0.6) is 0 Å². The number of aliphatic hydroxyl groups excluding tert-OH is 1. The number of carbonyl (C=O) groups is 1. The number of rotatable bonds is 8. The smallest absolute Gasteiger partial charge is 0.397 e. The molecule has 3 N–H and O–H groups in total. The Labute approximate surface area is 145 Å². The van der Waals surface area contributed by atoms with Crippen LogP contribution in [0, 0.1) is 0 Å². The third-order valence-electron chi connectivity index (χ3n) is 3.71. The number of aliphatic hydroxyl groups is 1. The largest absolute Gasteiger partial charge is 0.479 e. The van der Waals surface area contributed by atoms with Crippen LogP contribution in [-0.4, -0.2) is 66.8 Å². The average molecular weight is 376 g/mol.